The molecule has 0 radical (unpaired) electrons. The van der Waals surface area contributed by atoms with Gasteiger partial charge in [-0.15, -0.1) is 0 Å². The maximum absolute atomic E-state index is 5.71. The second-order valence-corrected chi connectivity index (χ2v) is 4.43. The minimum atomic E-state index is 0.464. The van der Waals surface area contributed by atoms with E-state index in [0.29, 0.717) is 6.61 Å². The molecule has 1 aromatic carbocycles. The van der Waals surface area contributed by atoms with Crippen LogP contribution in [0.3, 0.4) is 0 Å². The molecule has 1 heterocycles. The second-order valence-electron chi connectivity index (χ2n) is 4.43. The van der Waals surface area contributed by atoms with Crippen molar-refractivity contribution in [1.29, 1.82) is 0 Å². The minimum absolute atomic E-state index is 0.464. The lowest BCUT2D eigenvalue weighted by molar-refractivity contribution is 0.265. The molecule has 0 saturated carbocycles. The van der Waals surface area contributed by atoms with E-state index in [-0.39, 0.29) is 0 Å². The SMILES string of the molecule is CNCc1ccc(COc2ccc(C)c(C)c2)o1. The van der Waals surface area contributed by atoms with Crippen molar-refractivity contribution in [2.75, 3.05) is 7.05 Å². The Bertz CT molecular complexity index is 517. The molecule has 0 aliphatic heterocycles. The molecule has 2 aromatic rings. The van der Waals surface area contributed by atoms with Crippen molar-refractivity contribution in [2.45, 2.75) is 27.0 Å². The van der Waals surface area contributed by atoms with Gasteiger partial charge in [-0.3, -0.25) is 0 Å². The number of nitrogens with one attached hydrogen (secondary N) is 1. The topological polar surface area (TPSA) is 34.4 Å². The Labute approximate surface area is 108 Å². The lowest BCUT2D eigenvalue weighted by atomic mass is 10.1. The summed E-state index contributed by atoms with van der Waals surface area (Å²) in [6, 6.07) is 10.0. The van der Waals surface area contributed by atoms with Crippen LogP contribution < -0.4 is 10.1 Å². The van der Waals surface area contributed by atoms with E-state index < -0.39 is 0 Å². The van der Waals surface area contributed by atoms with E-state index in [9.17, 15) is 0 Å². The molecule has 0 aliphatic carbocycles. The first kappa shape index (κ1) is 12.7. The molecule has 18 heavy (non-hydrogen) atoms. The van der Waals surface area contributed by atoms with Gasteiger partial charge in [0.05, 0.1) is 6.54 Å². The average Bonchev–Trinajstić information content (AvgIpc) is 2.79. The van der Waals surface area contributed by atoms with Gasteiger partial charge in [-0.2, -0.15) is 0 Å². The second kappa shape index (κ2) is 5.74. The van der Waals surface area contributed by atoms with Gasteiger partial charge in [0.25, 0.3) is 0 Å². The molecule has 0 fully saturated rings. The van der Waals surface area contributed by atoms with E-state index in [1.165, 1.54) is 11.1 Å². The zero-order valence-corrected chi connectivity index (χ0v) is 11.1. The molecule has 2 rings (SSSR count). The van der Waals surface area contributed by atoms with Crippen LogP contribution in [0.4, 0.5) is 0 Å². The first-order chi connectivity index (χ1) is 8.69. The van der Waals surface area contributed by atoms with Crippen LogP contribution >= 0.6 is 0 Å². The molecule has 3 heteroatoms. The van der Waals surface area contributed by atoms with Crippen LogP contribution in [0.25, 0.3) is 0 Å². The fourth-order valence-electron chi connectivity index (χ4n) is 1.73. The molecule has 1 N–H and O–H groups in total. The molecule has 0 amide bonds. The highest BCUT2D eigenvalue weighted by atomic mass is 16.5. The zero-order chi connectivity index (χ0) is 13.0. The first-order valence-corrected chi connectivity index (χ1v) is 6.11. The van der Waals surface area contributed by atoms with E-state index in [2.05, 4.69) is 25.2 Å². The summed E-state index contributed by atoms with van der Waals surface area (Å²) in [5, 5.41) is 3.05. The smallest absolute Gasteiger partial charge is 0.146 e. The van der Waals surface area contributed by atoms with Gasteiger partial charge in [0.2, 0.25) is 0 Å². The van der Waals surface area contributed by atoms with Crippen LogP contribution in [0.1, 0.15) is 22.6 Å². The third kappa shape index (κ3) is 3.14. The van der Waals surface area contributed by atoms with Crippen molar-refractivity contribution >= 4 is 0 Å². The Balaban J connectivity index is 1.95. The minimum Gasteiger partial charge on any atom is -0.486 e. The highest BCUT2D eigenvalue weighted by Gasteiger charge is 2.03. The van der Waals surface area contributed by atoms with E-state index in [1.54, 1.807) is 0 Å². The summed E-state index contributed by atoms with van der Waals surface area (Å²) in [4.78, 5) is 0. The Morgan fingerprint density at radius 3 is 2.56 bits per heavy atom. The first-order valence-electron chi connectivity index (χ1n) is 6.11. The molecular weight excluding hydrogens is 226 g/mol. The van der Waals surface area contributed by atoms with Crippen LogP contribution in [0.5, 0.6) is 5.75 Å². The summed E-state index contributed by atoms with van der Waals surface area (Å²) in [7, 11) is 1.90. The monoisotopic (exact) mass is 245 g/mol. The standard InChI is InChI=1S/C15H19NO2/c1-11-4-5-13(8-12(11)2)17-10-15-7-6-14(18-15)9-16-3/h4-8,16H,9-10H2,1-3H3. The lowest BCUT2D eigenvalue weighted by Crippen LogP contribution is -2.03. The quantitative estimate of drug-likeness (QED) is 0.878. The van der Waals surface area contributed by atoms with Gasteiger partial charge in [0.15, 0.2) is 0 Å². The van der Waals surface area contributed by atoms with E-state index >= 15 is 0 Å². The van der Waals surface area contributed by atoms with Gasteiger partial charge < -0.3 is 14.5 Å². The van der Waals surface area contributed by atoms with Crippen molar-refractivity contribution in [3.63, 3.8) is 0 Å². The van der Waals surface area contributed by atoms with Crippen molar-refractivity contribution in [3.8, 4) is 5.75 Å². The largest absolute Gasteiger partial charge is 0.486 e. The maximum atomic E-state index is 5.71. The number of aryl methyl sites for hydroxylation is 2. The number of benzene rings is 1. The van der Waals surface area contributed by atoms with Gasteiger partial charge in [-0.25, -0.2) is 0 Å². The number of furan rings is 1. The third-order valence-electron chi connectivity index (χ3n) is 2.93. The summed E-state index contributed by atoms with van der Waals surface area (Å²) < 4.78 is 11.3. The Morgan fingerprint density at radius 2 is 1.83 bits per heavy atom. The average molecular weight is 245 g/mol. The number of hydrogen-bond acceptors (Lipinski definition) is 3. The van der Waals surface area contributed by atoms with Crippen LogP contribution in [0.2, 0.25) is 0 Å². The molecule has 0 spiro atoms. The van der Waals surface area contributed by atoms with Crippen LogP contribution in [-0.2, 0) is 13.2 Å². The van der Waals surface area contributed by atoms with Gasteiger partial charge in [-0.05, 0) is 56.3 Å². The molecular formula is C15H19NO2. The molecule has 0 saturated heterocycles. The van der Waals surface area contributed by atoms with Gasteiger partial charge in [-0.1, -0.05) is 6.07 Å². The van der Waals surface area contributed by atoms with Crippen LogP contribution in [0, 0.1) is 13.8 Å². The fourth-order valence-corrected chi connectivity index (χ4v) is 1.73. The van der Waals surface area contributed by atoms with Gasteiger partial charge in [0.1, 0.15) is 23.9 Å². The van der Waals surface area contributed by atoms with Gasteiger partial charge >= 0.3 is 0 Å². The molecule has 0 aliphatic rings. The van der Waals surface area contributed by atoms with Crippen LogP contribution in [-0.4, -0.2) is 7.05 Å². The van der Waals surface area contributed by atoms with Gasteiger partial charge in [0, 0.05) is 0 Å². The molecule has 0 unspecified atom stereocenters. The number of rotatable bonds is 5. The summed E-state index contributed by atoms with van der Waals surface area (Å²) in [6.45, 7) is 5.38. The van der Waals surface area contributed by atoms with Crippen molar-refractivity contribution in [2.24, 2.45) is 0 Å². The summed E-state index contributed by atoms with van der Waals surface area (Å²) in [5.41, 5.74) is 2.51. The third-order valence-corrected chi connectivity index (χ3v) is 2.93. The predicted molar refractivity (Wildman–Crippen MR) is 71.7 cm³/mol. The molecule has 0 atom stereocenters. The maximum Gasteiger partial charge on any atom is 0.146 e. The molecule has 3 nitrogen and oxygen atoms in total. The predicted octanol–water partition coefficient (Wildman–Crippen LogP) is 3.19. The summed E-state index contributed by atoms with van der Waals surface area (Å²) in [5.74, 6) is 2.65. The Morgan fingerprint density at radius 1 is 1.06 bits per heavy atom. The normalized spacial score (nSPS) is 10.6. The Kier molecular flexibility index (Phi) is 4.05. The zero-order valence-electron chi connectivity index (χ0n) is 11.1. The van der Waals surface area contributed by atoms with E-state index in [1.807, 2.05) is 31.3 Å². The fraction of sp³-hybridized carbons (Fsp3) is 0.333. The highest BCUT2D eigenvalue weighted by Crippen LogP contribution is 2.18. The molecule has 0 bridgehead atoms. The van der Waals surface area contributed by atoms with Crippen LogP contribution in [0.15, 0.2) is 34.7 Å². The van der Waals surface area contributed by atoms with Crippen molar-refractivity contribution in [3.05, 3.63) is 53.0 Å². The lowest BCUT2D eigenvalue weighted by Gasteiger charge is -2.06. The summed E-state index contributed by atoms with van der Waals surface area (Å²) >= 11 is 0. The van der Waals surface area contributed by atoms with E-state index in [4.69, 9.17) is 9.15 Å². The number of hydrogen-bond donors (Lipinski definition) is 1. The van der Waals surface area contributed by atoms with Crippen molar-refractivity contribution < 1.29 is 9.15 Å². The Hall–Kier alpha value is -1.74. The van der Waals surface area contributed by atoms with E-state index in [0.717, 1.165) is 23.8 Å². The molecule has 96 valence electrons. The summed E-state index contributed by atoms with van der Waals surface area (Å²) in [6.07, 6.45) is 0. The highest BCUT2D eigenvalue weighted by molar-refractivity contribution is 5.33. The number of ether oxygens (including phenoxy) is 1. The van der Waals surface area contributed by atoms with Crippen molar-refractivity contribution in [1.82, 2.24) is 5.32 Å². The molecule has 1 aromatic heterocycles.